The van der Waals surface area contributed by atoms with Crippen LogP contribution in [0.4, 0.5) is 0 Å². The zero-order chi connectivity index (χ0) is 14.7. The Hall–Kier alpha value is -2.35. The summed E-state index contributed by atoms with van der Waals surface area (Å²) in [5.41, 5.74) is 1.23. The molecule has 0 bridgehead atoms. The van der Waals surface area contributed by atoms with Gasteiger partial charge in [-0.05, 0) is 25.0 Å². The van der Waals surface area contributed by atoms with Gasteiger partial charge in [-0.2, -0.15) is 10.4 Å². The number of benzene rings is 1. The fraction of sp³-hybridized carbons (Fsp3) is 0.438. The molecule has 108 valence electrons. The van der Waals surface area contributed by atoms with E-state index in [1.165, 1.54) is 12.8 Å². The van der Waals surface area contributed by atoms with Crippen LogP contribution in [0.3, 0.4) is 0 Å². The van der Waals surface area contributed by atoms with Crippen molar-refractivity contribution in [1.82, 2.24) is 14.7 Å². The van der Waals surface area contributed by atoms with Crippen molar-refractivity contribution in [3.8, 4) is 6.07 Å². The lowest BCUT2D eigenvalue weighted by atomic mass is 10.2. The van der Waals surface area contributed by atoms with Gasteiger partial charge in [-0.15, -0.1) is 0 Å². The molecule has 5 heteroatoms. The molecule has 1 fully saturated rings. The summed E-state index contributed by atoms with van der Waals surface area (Å²) in [4.78, 5) is 14.4. The van der Waals surface area contributed by atoms with Gasteiger partial charge in [0.2, 0.25) is 5.91 Å². The molecule has 0 atom stereocenters. The first-order valence-corrected chi connectivity index (χ1v) is 7.43. The van der Waals surface area contributed by atoms with Crippen LogP contribution in [0, 0.1) is 11.3 Å². The van der Waals surface area contributed by atoms with Gasteiger partial charge in [0.25, 0.3) is 0 Å². The quantitative estimate of drug-likeness (QED) is 0.849. The third-order valence-corrected chi connectivity index (χ3v) is 4.01. The molecule has 1 amide bonds. The maximum Gasteiger partial charge on any atom is 0.244 e. The number of fused-ring (bicyclic) bond motifs is 1. The summed E-state index contributed by atoms with van der Waals surface area (Å²) < 4.78 is 1.65. The first-order valence-electron chi connectivity index (χ1n) is 7.43. The summed E-state index contributed by atoms with van der Waals surface area (Å²) in [6, 6.07) is 9.65. The summed E-state index contributed by atoms with van der Waals surface area (Å²) in [7, 11) is 0. The summed E-state index contributed by atoms with van der Waals surface area (Å²) in [6.45, 7) is 1.88. The Balaban J connectivity index is 1.84. The van der Waals surface area contributed by atoms with Crippen molar-refractivity contribution >= 4 is 16.8 Å². The minimum Gasteiger partial charge on any atom is -0.341 e. The van der Waals surface area contributed by atoms with Gasteiger partial charge in [-0.1, -0.05) is 25.0 Å². The SMILES string of the molecule is N#Cc1nn(CC(=O)N2CCCCCC2)c2ccccc12. The molecule has 0 aliphatic carbocycles. The van der Waals surface area contributed by atoms with E-state index in [9.17, 15) is 4.79 Å². The minimum atomic E-state index is 0.0923. The Morgan fingerprint density at radius 1 is 1.19 bits per heavy atom. The van der Waals surface area contributed by atoms with Crippen molar-refractivity contribution in [3.05, 3.63) is 30.0 Å². The zero-order valence-corrected chi connectivity index (χ0v) is 12.0. The van der Waals surface area contributed by atoms with Crippen molar-refractivity contribution in [2.45, 2.75) is 32.2 Å². The van der Waals surface area contributed by atoms with E-state index < -0.39 is 0 Å². The van der Waals surface area contributed by atoms with Gasteiger partial charge in [-0.25, -0.2) is 0 Å². The molecule has 0 spiro atoms. The molecular weight excluding hydrogens is 264 g/mol. The smallest absolute Gasteiger partial charge is 0.244 e. The molecule has 5 nitrogen and oxygen atoms in total. The molecule has 1 aromatic carbocycles. The summed E-state index contributed by atoms with van der Waals surface area (Å²) in [5, 5.41) is 14.2. The van der Waals surface area contributed by atoms with Gasteiger partial charge in [0, 0.05) is 18.5 Å². The van der Waals surface area contributed by atoms with Gasteiger partial charge in [0.05, 0.1) is 5.52 Å². The molecule has 0 radical (unpaired) electrons. The highest BCUT2D eigenvalue weighted by atomic mass is 16.2. The fourth-order valence-corrected chi connectivity index (χ4v) is 2.88. The van der Waals surface area contributed by atoms with Crippen LogP contribution in [0.1, 0.15) is 31.4 Å². The van der Waals surface area contributed by atoms with E-state index >= 15 is 0 Å². The van der Waals surface area contributed by atoms with Crippen LogP contribution >= 0.6 is 0 Å². The predicted molar refractivity (Wildman–Crippen MR) is 79.5 cm³/mol. The number of hydrogen-bond donors (Lipinski definition) is 0. The lowest BCUT2D eigenvalue weighted by Crippen LogP contribution is -2.34. The molecule has 21 heavy (non-hydrogen) atoms. The molecule has 2 heterocycles. The van der Waals surface area contributed by atoms with E-state index in [0.717, 1.165) is 36.8 Å². The van der Waals surface area contributed by atoms with Crippen LogP contribution in [0.15, 0.2) is 24.3 Å². The van der Waals surface area contributed by atoms with Crippen molar-refractivity contribution in [2.24, 2.45) is 0 Å². The van der Waals surface area contributed by atoms with E-state index in [4.69, 9.17) is 5.26 Å². The Morgan fingerprint density at radius 3 is 2.62 bits per heavy atom. The third kappa shape index (κ3) is 2.75. The van der Waals surface area contributed by atoms with E-state index in [2.05, 4.69) is 11.2 Å². The maximum atomic E-state index is 12.4. The number of nitriles is 1. The van der Waals surface area contributed by atoms with Crippen molar-refractivity contribution in [1.29, 1.82) is 5.26 Å². The average Bonchev–Trinajstić information content (AvgIpc) is 2.69. The average molecular weight is 282 g/mol. The van der Waals surface area contributed by atoms with E-state index in [0.29, 0.717) is 5.69 Å². The number of carbonyl (C=O) groups excluding carboxylic acids is 1. The normalized spacial score (nSPS) is 15.7. The number of para-hydroxylation sites is 1. The minimum absolute atomic E-state index is 0.0923. The Kier molecular flexibility index (Phi) is 3.87. The molecule has 0 saturated carbocycles. The standard InChI is InChI=1S/C16H18N4O/c17-11-14-13-7-3-4-8-15(13)20(18-14)12-16(21)19-9-5-1-2-6-10-19/h3-4,7-8H,1-2,5-6,9-10,12H2. The van der Waals surface area contributed by atoms with Crippen molar-refractivity contribution < 1.29 is 4.79 Å². The number of carbonyl (C=O) groups is 1. The molecule has 1 aromatic heterocycles. The van der Waals surface area contributed by atoms with Crippen LogP contribution in [0.2, 0.25) is 0 Å². The highest BCUT2D eigenvalue weighted by Gasteiger charge is 2.18. The first kappa shape index (κ1) is 13.6. The van der Waals surface area contributed by atoms with Crippen LogP contribution in [-0.4, -0.2) is 33.7 Å². The van der Waals surface area contributed by atoms with Gasteiger partial charge >= 0.3 is 0 Å². The van der Waals surface area contributed by atoms with Crippen molar-refractivity contribution in [3.63, 3.8) is 0 Å². The van der Waals surface area contributed by atoms with Crippen molar-refractivity contribution in [2.75, 3.05) is 13.1 Å². The zero-order valence-electron chi connectivity index (χ0n) is 12.0. The number of aromatic nitrogens is 2. The third-order valence-electron chi connectivity index (χ3n) is 4.01. The van der Waals surface area contributed by atoms with E-state index in [-0.39, 0.29) is 12.5 Å². The van der Waals surface area contributed by atoms with Crippen LogP contribution in [0.5, 0.6) is 0 Å². The number of hydrogen-bond acceptors (Lipinski definition) is 3. The van der Waals surface area contributed by atoms with E-state index in [1.807, 2.05) is 29.2 Å². The lowest BCUT2D eigenvalue weighted by Gasteiger charge is -2.20. The fourth-order valence-electron chi connectivity index (χ4n) is 2.88. The molecule has 2 aromatic rings. The monoisotopic (exact) mass is 282 g/mol. The summed E-state index contributed by atoms with van der Waals surface area (Å²) in [5.74, 6) is 0.0923. The molecule has 0 N–H and O–H groups in total. The van der Waals surface area contributed by atoms with Crippen LogP contribution in [0.25, 0.3) is 10.9 Å². The molecule has 1 aliphatic heterocycles. The number of amides is 1. The highest BCUT2D eigenvalue weighted by molar-refractivity contribution is 5.86. The second-order valence-corrected chi connectivity index (χ2v) is 5.43. The second kappa shape index (κ2) is 5.96. The maximum absolute atomic E-state index is 12.4. The topological polar surface area (TPSA) is 61.9 Å². The molecule has 0 unspecified atom stereocenters. The van der Waals surface area contributed by atoms with Gasteiger partial charge in [0.15, 0.2) is 5.69 Å². The molecule has 3 rings (SSSR count). The predicted octanol–water partition coefficient (Wildman–Crippen LogP) is 2.31. The van der Waals surface area contributed by atoms with E-state index in [1.54, 1.807) is 4.68 Å². The molecule has 1 aliphatic rings. The first-order chi connectivity index (χ1) is 10.3. The lowest BCUT2D eigenvalue weighted by molar-refractivity contribution is -0.131. The van der Waals surface area contributed by atoms with Gasteiger partial charge in [0.1, 0.15) is 12.6 Å². The largest absolute Gasteiger partial charge is 0.341 e. The Bertz CT molecular complexity index is 690. The van der Waals surface area contributed by atoms with Gasteiger partial charge in [-0.3, -0.25) is 9.48 Å². The number of rotatable bonds is 2. The second-order valence-electron chi connectivity index (χ2n) is 5.43. The van der Waals surface area contributed by atoms with Crippen LogP contribution < -0.4 is 0 Å². The van der Waals surface area contributed by atoms with Gasteiger partial charge < -0.3 is 4.90 Å². The molecular formula is C16H18N4O. The summed E-state index contributed by atoms with van der Waals surface area (Å²) >= 11 is 0. The number of nitrogens with zero attached hydrogens (tertiary/aromatic N) is 4. The molecule has 1 saturated heterocycles. The Morgan fingerprint density at radius 2 is 1.90 bits per heavy atom. The summed E-state index contributed by atoms with van der Waals surface area (Å²) in [6.07, 6.45) is 4.56. The Labute approximate surface area is 123 Å². The highest BCUT2D eigenvalue weighted by Crippen LogP contribution is 2.18. The van der Waals surface area contributed by atoms with Crippen LogP contribution in [-0.2, 0) is 11.3 Å². The number of likely N-dealkylation sites (tertiary alicyclic amines) is 1.